The summed E-state index contributed by atoms with van der Waals surface area (Å²) in [5, 5.41) is 33.9. The molecule has 0 aliphatic heterocycles. The zero-order valence-electron chi connectivity index (χ0n) is 12.6. The number of carbonyl (C=O) groups is 2. The molecule has 122 valence electrons. The van der Waals surface area contributed by atoms with E-state index in [9.17, 15) is 14.7 Å². The molecular weight excluding hydrogens is 310 g/mol. The first-order chi connectivity index (χ1) is 11.5. The molecule has 0 saturated carbocycles. The lowest BCUT2D eigenvalue weighted by Gasteiger charge is -2.09. The van der Waals surface area contributed by atoms with Crippen molar-refractivity contribution in [2.45, 2.75) is 6.42 Å². The molecule has 0 radical (unpaired) electrons. The number of phenols is 1. The molecule has 0 unspecified atom stereocenters. The third-order valence-corrected chi connectivity index (χ3v) is 3.24. The van der Waals surface area contributed by atoms with Crippen LogP contribution in [0.5, 0.6) is 5.75 Å². The molecule has 0 aliphatic rings. The van der Waals surface area contributed by atoms with Gasteiger partial charge in [0.25, 0.3) is 5.91 Å². The molecule has 0 saturated heterocycles. The molecule has 7 nitrogen and oxygen atoms in total. The Labute approximate surface area is 137 Å². The Morgan fingerprint density at radius 1 is 1.17 bits per heavy atom. The van der Waals surface area contributed by atoms with Gasteiger partial charge in [0.1, 0.15) is 17.4 Å². The van der Waals surface area contributed by atoms with Gasteiger partial charge >= 0.3 is 5.97 Å². The summed E-state index contributed by atoms with van der Waals surface area (Å²) in [5.41, 5.74) is 0.276. The van der Waals surface area contributed by atoms with Gasteiger partial charge in [-0.05, 0) is 12.1 Å². The Morgan fingerprint density at radius 2 is 1.88 bits per heavy atom. The summed E-state index contributed by atoms with van der Waals surface area (Å²) in [7, 11) is 0. The van der Waals surface area contributed by atoms with Crippen LogP contribution in [0, 0.1) is 11.3 Å². The minimum atomic E-state index is -0.977. The summed E-state index contributed by atoms with van der Waals surface area (Å²) < 4.78 is 0. The number of aliphatic carboxylic acids is 1. The number of hydrogen-bond donors (Lipinski definition) is 4. The van der Waals surface area contributed by atoms with E-state index < -0.39 is 11.9 Å². The molecule has 24 heavy (non-hydrogen) atoms. The van der Waals surface area contributed by atoms with Gasteiger partial charge < -0.3 is 20.8 Å². The lowest BCUT2D eigenvalue weighted by Crippen LogP contribution is -2.18. The zero-order chi connectivity index (χ0) is 17.5. The lowest BCUT2D eigenvalue weighted by atomic mass is 10.1. The number of carboxylic acids is 1. The first-order valence-electron chi connectivity index (χ1n) is 7.10. The normalized spacial score (nSPS) is 10.9. The minimum Gasteiger partial charge on any atom is -0.507 e. The van der Waals surface area contributed by atoms with E-state index in [1.54, 1.807) is 42.5 Å². The summed E-state index contributed by atoms with van der Waals surface area (Å²) in [5.74, 6) is -1.51. The van der Waals surface area contributed by atoms with E-state index in [4.69, 9.17) is 10.4 Å². The monoisotopic (exact) mass is 325 g/mol. The highest BCUT2D eigenvalue weighted by atomic mass is 16.4. The number of fused-ring (bicyclic) bond motifs is 1. The van der Waals surface area contributed by atoms with Crippen LogP contribution in [0.25, 0.3) is 10.8 Å². The summed E-state index contributed by atoms with van der Waals surface area (Å²) in [6.45, 7) is 0.107. The molecule has 0 atom stereocenters. The van der Waals surface area contributed by atoms with Crippen molar-refractivity contribution < 1.29 is 19.8 Å². The van der Waals surface area contributed by atoms with E-state index in [1.165, 1.54) is 6.20 Å². The molecule has 2 rings (SSSR count). The van der Waals surface area contributed by atoms with E-state index >= 15 is 0 Å². The second-order valence-electron chi connectivity index (χ2n) is 4.90. The van der Waals surface area contributed by atoms with E-state index in [2.05, 4.69) is 10.6 Å². The quantitative estimate of drug-likeness (QED) is 0.366. The summed E-state index contributed by atoms with van der Waals surface area (Å²) in [6, 6.07) is 11.8. The summed E-state index contributed by atoms with van der Waals surface area (Å²) in [6.07, 6.45) is 1.06. The molecule has 4 N–H and O–H groups in total. The number of nitrogens with zero attached hydrogens (tertiary/aromatic N) is 1. The highest BCUT2D eigenvalue weighted by Gasteiger charge is 2.12. The average molecular weight is 325 g/mol. The molecular formula is C17H15N3O4. The van der Waals surface area contributed by atoms with Crippen molar-refractivity contribution in [1.29, 1.82) is 5.26 Å². The molecule has 0 aliphatic carbocycles. The zero-order valence-corrected chi connectivity index (χ0v) is 12.6. The number of hydrogen-bond acceptors (Lipinski definition) is 5. The molecule has 0 bridgehead atoms. The number of nitriles is 1. The Balaban J connectivity index is 2.16. The van der Waals surface area contributed by atoms with Crippen molar-refractivity contribution in [2.24, 2.45) is 0 Å². The van der Waals surface area contributed by atoms with E-state index in [1.807, 2.05) is 0 Å². The van der Waals surface area contributed by atoms with Crippen molar-refractivity contribution in [3.05, 3.63) is 48.2 Å². The fourth-order valence-corrected chi connectivity index (χ4v) is 2.09. The van der Waals surface area contributed by atoms with Gasteiger partial charge in [-0.3, -0.25) is 9.59 Å². The fraction of sp³-hybridized carbons (Fsp3) is 0.118. The molecule has 0 heterocycles. The van der Waals surface area contributed by atoms with Gasteiger partial charge in [0.2, 0.25) is 0 Å². The fourth-order valence-electron chi connectivity index (χ4n) is 2.09. The minimum absolute atomic E-state index is 0.0926. The van der Waals surface area contributed by atoms with Crippen molar-refractivity contribution in [1.82, 2.24) is 5.32 Å². The maximum atomic E-state index is 12.2. The number of amides is 1. The molecule has 0 fully saturated rings. The maximum Gasteiger partial charge on any atom is 0.305 e. The van der Waals surface area contributed by atoms with Crippen LogP contribution in [0.15, 0.2) is 48.2 Å². The van der Waals surface area contributed by atoms with Crippen LogP contribution in [0.1, 0.15) is 6.42 Å². The molecule has 2 aromatic carbocycles. The Morgan fingerprint density at radius 3 is 2.58 bits per heavy atom. The lowest BCUT2D eigenvalue weighted by molar-refractivity contribution is -0.136. The van der Waals surface area contributed by atoms with Gasteiger partial charge in [0.15, 0.2) is 0 Å². The van der Waals surface area contributed by atoms with Gasteiger partial charge in [0.05, 0.1) is 6.42 Å². The number of carboxylic acid groups (broad SMARTS) is 1. The third-order valence-electron chi connectivity index (χ3n) is 3.24. The van der Waals surface area contributed by atoms with E-state index in [0.29, 0.717) is 16.5 Å². The van der Waals surface area contributed by atoms with Gasteiger partial charge in [0, 0.05) is 29.2 Å². The van der Waals surface area contributed by atoms with Crippen molar-refractivity contribution in [3.63, 3.8) is 0 Å². The number of phenolic OH excluding ortho intramolecular Hbond substituents is 1. The Bertz CT molecular complexity index is 853. The van der Waals surface area contributed by atoms with Crippen molar-refractivity contribution in [3.8, 4) is 11.8 Å². The Kier molecular flexibility index (Phi) is 5.36. The summed E-state index contributed by atoms with van der Waals surface area (Å²) in [4.78, 5) is 22.6. The van der Waals surface area contributed by atoms with Crippen LogP contribution in [-0.4, -0.2) is 28.6 Å². The first-order valence-corrected chi connectivity index (χ1v) is 7.10. The third kappa shape index (κ3) is 4.01. The van der Waals surface area contributed by atoms with Gasteiger partial charge in [-0.2, -0.15) is 5.26 Å². The van der Waals surface area contributed by atoms with Crippen LogP contribution in [0.3, 0.4) is 0 Å². The van der Waals surface area contributed by atoms with Crippen molar-refractivity contribution in [2.75, 3.05) is 11.9 Å². The number of nitrogens with one attached hydrogen (secondary N) is 2. The molecule has 2 aromatic rings. The van der Waals surface area contributed by atoms with E-state index in [-0.39, 0.29) is 24.3 Å². The van der Waals surface area contributed by atoms with Crippen LogP contribution in [0.4, 0.5) is 5.69 Å². The average Bonchev–Trinajstić information content (AvgIpc) is 2.55. The Hall–Kier alpha value is -3.53. The maximum absolute atomic E-state index is 12.2. The number of rotatable bonds is 6. The SMILES string of the molecule is N#C/C(=C/NCCC(=O)O)C(=O)Nc1cccc2c(O)cccc12. The number of benzene rings is 2. The van der Waals surface area contributed by atoms with Gasteiger partial charge in [-0.15, -0.1) is 0 Å². The topological polar surface area (TPSA) is 122 Å². The van der Waals surface area contributed by atoms with E-state index in [0.717, 1.165) is 0 Å². The predicted molar refractivity (Wildman–Crippen MR) is 88.2 cm³/mol. The molecule has 0 aromatic heterocycles. The van der Waals surface area contributed by atoms with Gasteiger partial charge in [-0.1, -0.05) is 24.3 Å². The largest absolute Gasteiger partial charge is 0.507 e. The highest BCUT2D eigenvalue weighted by molar-refractivity contribution is 6.11. The standard InChI is InChI=1S/C17H15N3O4/c18-9-11(10-19-8-7-16(22)23)17(24)20-14-5-1-4-13-12(14)3-2-6-15(13)21/h1-6,10,19,21H,7-8H2,(H,20,24)(H,22,23)/b11-10-. The summed E-state index contributed by atoms with van der Waals surface area (Å²) >= 11 is 0. The molecule has 0 spiro atoms. The smallest absolute Gasteiger partial charge is 0.305 e. The second-order valence-corrected chi connectivity index (χ2v) is 4.90. The van der Waals surface area contributed by atoms with Crippen LogP contribution >= 0.6 is 0 Å². The first kappa shape index (κ1) is 16.8. The van der Waals surface area contributed by atoms with Crippen LogP contribution in [0.2, 0.25) is 0 Å². The molecule has 1 amide bonds. The second kappa shape index (κ2) is 7.65. The highest BCUT2D eigenvalue weighted by Crippen LogP contribution is 2.29. The molecule has 7 heteroatoms. The van der Waals surface area contributed by atoms with Crippen LogP contribution in [-0.2, 0) is 9.59 Å². The number of aromatic hydroxyl groups is 1. The predicted octanol–water partition coefficient (Wildman–Crippen LogP) is 1.96. The van der Waals surface area contributed by atoms with Gasteiger partial charge in [-0.25, -0.2) is 0 Å². The van der Waals surface area contributed by atoms with Crippen molar-refractivity contribution >= 4 is 28.3 Å². The number of carbonyl (C=O) groups excluding carboxylic acids is 1. The van der Waals surface area contributed by atoms with Crippen LogP contribution < -0.4 is 10.6 Å². The number of anilines is 1.